The number of benzene rings is 2. The molecule has 4 nitrogen and oxygen atoms in total. The molecule has 0 unspecified atom stereocenters. The van der Waals surface area contributed by atoms with Crippen LogP contribution in [0.3, 0.4) is 0 Å². The van der Waals surface area contributed by atoms with Crippen LogP contribution in [0.15, 0.2) is 54.6 Å². The number of ether oxygens (including phenoxy) is 2. The minimum absolute atomic E-state index is 0.0283. The monoisotopic (exact) mass is 339 g/mol. The molecule has 1 saturated heterocycles. The number of rotatable bonds is 6. The van der Waals surface area contributed by atoms with Crippen LogP contribution in [-0.4, -0.2) is 37.1 Å². The van der Waals surface area contributed by atoms with Gasteiger partial charge in [0.2, 0.25) is 0 Å². The Morgan fingerprint density at radius 1 is 1.08 bits per heavy atom. The maximum Gasteiger partial charge on any atom is 0.257 e. The number of nitrogens with zero attached hydrogens (tertiary/aromatic N) is 1. The highest BCUT2D eigenvalue weighted by Gasteiger charge is 2.23. The summed E-state index contributed by atoms with van der Waals surface area (Å²) in [6, 6.07) is 17.0. The highest BCUT2D eigenvalue weighted by molar-refractivity contribution is 5.97. The fourth-order valence-electron chi connectivity index (χ4n) is 3.11. The maximum atomic E-state index is 13.1. The second kappa shape index (κ2) is 8.67. The van der Waals surface area contributed by atoms with Crippen molar-refractivity contribution >= 4 is 5.91 Å². The molecule has 0 aromatic heterocycles. The normalized spacial score (nSPS) is 14.9. The largest absolute Gasteiger partial charge is 0.457 e. The molecule has 2 aromatic carbocycles. The Hall–Kier alpha value is -2.33. The third-order valence-corrected chi connectivity index (χ3v) is 4.58. The molecular formula is C21H25NO3. The van der Waals surface area contributed by atoms with Crippen LogP contribution in [0.4, 0.5) is 0 Å². The summed E-state index contributed by atoms with van der Waals surface area (Å²) in [5, 5.41) is 0. The summed E-state index contributed by atoms with van der Waals surface area (Å²) in [6.45, 7) is 5.08. The van der Waals surface area contributed by atoms with Crippen molar-refractivity contribution in [2.24, 2.45) is 5.92 Å². The third kappa shape index (κ3) is 4.60. The highest BCUT2D eigenvalue weighted by atomic mass is 16.5. The van der Waals surface area contributed by atoms with Gasteiger partial charge in [0.1, 0.15) is 11.5 Å². The molecule has 1 fully saturated rings. The van der Waals surface area contributed by atoms with Crippen molar-refractivity contribution in [2.45, 2.75) is 19.8 Å². The van der Waals surface area contributed by atoms with Crippen LogP contribution in [0.25, 0.3) is 0 Å². The Morgan fingerprint density at radius 2 is 1.76 bits per heavy atom. The van der Waals surface area contributed by atoms with Gasteiger partial charge in [0.15, 0.2) is 0 Å². The first kappa shape index (κ1) is 17.5. The molecule has 1 heterocycles. The molecule has 0 atom stereocenters. The van der Waals surface area contributed by atoms with E-state index in [1.54, 1.807) is 0 Å². The number of carbonyl (C=O) groups is 1. The van der Waals surface area contributed by atoms with E-state index >= 15 is 0 Å². The summed E-state index contributed by atoms with van der Waals surface area (Å²) in [5.41, 5.74) is 0.611. The van der Waals surface area contributed by atoms with Gasteiger partial charge in [-0.15, -0.1) is 0 Å². The maximum absolute atomic E-state index is 13.1. The van der Waals surface area contributed by atoms with Crippen LogP contribution in [0, 0.1) is 5.92 Å². The minimum Gasteiger partial charge on any atom is -0.457 e. The van der Waals surface area contributed by atoms with E-state index in [1.165, 1.54) is 0 Å². The molecule has 0 saturated carbocycles. The average Bonchev–Trinajstić information content (AvgIpc) is 2.68. The summed E-state index contributed by atoms with van der Waals surface area (Å²) < 4.78 is 11.4. The summed E-state index contributed by atoms with van der Waals surface area (Å²) in [7, 11) is 0. The Kier molecular flexibility index (Phi) is 6.07. The lowest BCUT2D eigenvalue weighted by atomic mass is 9.99. The van der Waals surface area contributed by atoms with E-state index in [-0.39, 0.29) is 5.91 Å². The molecule has 0 radical (unpaired) electrons. The zero-order chi connectivity index (χ0) is 17.5. The number of amides is 1. The van der Waals surface area contributed by atoms with Crippen molar-refractivity contribution in [2.75, 3.05) is 26.3 Å². The van der Waals surface area contributed by atoms with Gasteiger partial charge in [-0.1, -0.05) is 30.3 Å². The molecular weight excluding hydrogens is 314 g/mol. The summed E-state index contributed by atoms with van der Waals surface area (Å²) in [4.78, 5) is 15.0. The zero-order valence-corrected chi connectivity index (χ0v) is 14.7. The molecule has 25 heavy (non-hydrogen) atoms. The van der Waals surface area contributed by atoms with Gasteiger partial charge in [-0.05, 0) is 49.9 Å². The van der Waals surface area contributed by atoms with Gasteiger partial charge >= 0.3 is 0 Å². The molecule has 0 spiro atoms. The smallest absolute Gasteiger partial charge is 0.257 e. The average molecular weight is 339 g/mol. The number of carbonyl (C=O) groups excluding carboxylic acids is 1. The van der Waals surface area contributed by atoms with Gasteiger partial charge in [-0.25, -0.2) is 0 Å². The Morgan fingerprint density at radius 3 is 2.48 bits per heavy atom. The number of para-hydroxylation sites is 2. The first-order valence-electron chi connectivity index (χ1n) is 8.97. The zero-order valence-electron chi connectivity index (χ0n) is 14.7. The Bertz CT molecular complexity index is 681. The highest BCUT2D eigenvalue weighted by Crippen LogP contribution is 2.27. The van der Waals surface area contributed by atoms with Gasteiger partial charge in [0, 0.05) is 26.3 Å². The van der Waals surface area contributed by atoms with E-state index < -0.39 is 0 Å². The minimum atomic E-state index is 0.0283. The standard InChI is InChI=1S/C21H25NO3/c1-2-22(16-17-12-14-24-15-13-17)21(23)19-10-6-7-11-20(19)25-18-8-4-3-5-9-18/h3-11,17H,2,12-16H2,1H3. The molecule has 4 heteroatoms. The van der Waals surface area contributed by atoms with Gasteiger partial charge in [-0.3, -0.25) is 4.79 Å². The van der Waals surface area contributed by atoms with Crippen LogP contribution in [0.5, 0.6) is 11.5 Å². The molecule has 1 amide bonds. The second-order valence-corrected chi connectivity index (χ2v) is 6.31. The van der Waals surface area contributed by atoms with E-state index in [0.29, 0.717) is 23.8 Å². The first-order chi connectivity index (χ1) is 12.3. The van der Waals surface area contributed by atoms with E-state index in [2.05, 4.69) is 0 Å². The van der Waals surface area contributed by atoms with Crippen molar-refractivity contribution in [1.29, 1.82) is 0 Å². The van der Waals surface area contributed by atoms with E-state index in [4.69, 9.17) is 9.47 Å². The van der Waals surface area contributed by atoms with Crippen LogP contribution in [0.2, 0.25) is 0 Å². The van der Waals surface area contributed by atoms with Crippen LogP contribution in [-0.2, 0) is 4.74 Å². The van der Waals surface area contributed by atoms with Crippen LogP contribution in [0.1, 0.15) is 30.1 Å². The van der Waals surface area contributed by atoms with E-state index in [9.17, 15) is 4.79 Å². The van der Waals surface area contributed by atoms with Crippen molar-refractivity contribution in [3.05, 3.63) is 60.2 Å². The van der Waals surface area contributed by atoms with Crippen molar-refractivity contribution in [1.82, 2.24) is 4.90 Å². The summed E-state index contributed by atoms with van der Waals surface area (Å²) >= 11 is 0. The predicted molar refractivity (Wildman–Crippen MR) is 98.1 cm³/mol. The fourth-order valence-corrected chi connectivity index (χ4v) is 3.11. The molecule has 0 aliphatic carbocycles. The first-order valence-corrected chi connectivity index (χ1v) is 8.97. The molecule has 1 aliphatic heterocycles. The molecule has 0 bridgehead atoms. The molecule has 0 N–H and O–H groups in total. The van der Waals surface area contributed by atoms with Gasteiger partial charge in [0.25, 0.3) is 5.91 Å². The third-order valence-electron chi connectivity index (χ3n) is 4.58. The lowest BCUT2D eigenvalue weighted by Crippen LogP contribution is -2.37. The lowest BCUT2D eigenvalue weighted by Gasteiger charge is -2.29. The Balaban J connectivity index is 1.76. The van der Waals surface area contributed by atoms with Crippen LogP contribution < -0.4 is 4.74 Å². The summed E-state index contributed by atoms with van der Waals surface area (Å²) in [5.74, 6) is 1.87. The van der Waals surface area contributed by atoms with Gasteiger partial charge in [-0.2, -0.15) is 0 Å². The van der Waals surface area contributed by atoms with Gasteiger partial charge < -0.3 is 14.4 Å². The van der Waals surface area contributed by atoms with Crippen LogP contribution >= 0.6 is 0 Å². The van der Waals surface area contributed by atoms with E-state index in [1.807, 2.05) is 66.4 Å². The van der Waals surface area contributed by atoms with Crippen molar-refractivity contribution < 1.29 is 14.3 Å². The lowest BCUT2D eigenvalue weighted by molar-refractivity contribution is 0.0466. The van der Waals surface area contributed by atoms with Gasteiger partial charge in [0.05, 0.1) is 5.56 Å². The quantitative estimate of drug-likeness (QED) is 0.784. The molecule has 3 rings (SSSR count). The van der Waals surface area contributed by atoms with E-state index in [0.717, 1.165) is 38.3 Å². The number of hydrogen-bond donors (Lipinski definition) is 0. The van der Waals surface area contributed by atoms with Crippen molar-refractivity contribution in [3.63, 3.8) is 0 Å². The molecule has 132 valence electrons. The number of hydrogen-bond acceptors (Lipinski definition) is 3. The topological polar surface area (TPSA) is 38.8 Å². The predicted octanol–water partition coefficient (Wildman–Crippen LogP) is 4.37. The van der Waals surface area contributed by atoms with Crippen molar-refractivity contribution in [3.8, 4) is 11.5 Å². The SMILES string of the molecule is CCN(CC1CCOCC1)C(=O)c1ccccc1Oc1ccccc1. The summed E-state index contributed by atoms with van der Waals surface area (Å²) in [6.07, 6.45) is 2.04. The molecule has 2 aromatic rings. The fraction of sp³-hybridized carbons (Fsp3) is 0.381. The molecule has 1 aliphatic rings. The Labute approximate surface area is 149 Å². The second-order valence-electron chi connectivity index (χ2n) is 6.31.